The van der Waals surface area contributed by atoms with Crippen molar-refractivity contribution < 1.29 is 9.53 Å². The lowest BCUT2D eigenvalue weighted by Gasteiger charge is -2.03. The van der Waals surface area contributed by atoms with Crippen LogP contribution >= 0.6 is 0 Å². The Hall–Kier alpha value is -1.88. The van der Waals surface area contributed by atoms with Crippen molar-refractivity contribution >= 4 is 11.6 Å². The molecule has 0 bridgehead atoms. The maximum Gasteiger partial charge on any atom is 0.341 e. The summed E-state index contributed by atoms with van der Waals surface area (Å²) in [5.41, 5.74) is 2.22. The molecule has 1 fully saturated rings. The summed E-state index contributed by atoms with van der Waals surface area (Å²) in [6, 6.07) is 3.58. The number of methoxy groups -OCH3 is 1. The first kappa shape index (κ1) is 12.2. The van der Waals surface area contributed by atoms with Gasteiger partial charge in [0.2, 0.25) is 0 Å². The number of nitrogens with one attached hydrogen (secondary N) is 1. The molecule has 0 spiro atoms. The van der Waals surface area contributed by atoms with Gasteiger partial charge in [-0.3, -0.25) is 0 Å². The van der Waals surface area contributed by atoms with Gasteiger partial charge in [-0.05, 0) is 44.0 Å². The molecule has 5 nitrogen and oxygen atoms in total. The Labute approximate surface area is 111 Å². The highest BCUT2D eigenvalue weighted by Crippen LogP contribution is 2.17. The van der Waals surface area contributed by atoms with Crippen LogP contribution in [-0.2, 0) is 11.2 Å². The number of fused-ring (bicyclic) bond motifs is 1. The number of carbonyl (C=O) groups excluding carboxylic acids is 1. The highest BCUT2D eigenvalue weighted by atomic mass is 16.5. The van der Waals surface area contributed by atoms with E-state index in [9.17, 15) is 4.79 Å². The number of hydrogen-bond donors (Lipinski definition) is 1. The SMILES string of the molecule is COC(=O)c1cccn2cc(CC3CCNC3)nc12. The monoisotopic (exact) mass is 259 g/mol. The highest BCUT2D eigenvalue weighted by Gasteiger charge is 2.18. The van der Waals surface area contributed by atoms with Gasteiger partial charge in [-0.15, -0.1) is 0 Å². The Kier molecular flexibility index (Phi) is 3.21. The van der Waals surface area contributed by atoms with Crippen molar-refractivity contribution in [3.05, 3.63) is 35.8 Å². The van der Waals surface area contributed by atoms with Crippen LogP contribution in [0.1, 0.15) is 22.5 Å². The fourth-order valence-corrected chi connectivity index (χ4v) is 2.62. The van der Waals surface area contributed by atoms with Gasteiger partial charge in [0, 0.05) is 12.4 Å². The average molecular weight is 259 g/mol. The lowest BCUT2D eigenvalue weighted by atomic mass is 10.0. The topological polar surface area (TPSA) is 55.6 Å². The van der Waals surface area contributed by atoms with E-state index in [4.69, 9.17) is 4.74 Å². The Morgan fingerprint density at radius 1 is 1.63 bits per heavy atom. The number of rotatable bonds is 3. The molecule has 2 aromatic heterocycles. The van der Waals surface area contributed by atoms with Crippen molar-refractivity contribution in [3.63, 3.8) is 0 Å². The van der Waals surface area contributed by atoms with Gasteiger partial charge in [0.1, 0.15) is 5.56 Å². The van der Waals surface area contributed by atoms with E-state index in [2.05, 4.69) is 10.3 Å². The zero-order valence-electron chi connectivity index (χ0n) is 10.9. The van der Waals surface area contributed by atoms with Crippen LogP contribution in [0, 0.1) is 5.92 Å². The molecular weight excluding hydrogens is 242 g/mol. The fourth-order valence-electron chi connectivity index (χ4n) is 2.62. The molecular formula is C14H17N3O2. The van der Waals surface area contributed by atoms with Gasteiger partial charge in [0.05, 0.1) is 12.8 Å². The largest absolute Gasteiger partial charge is 0.465 e. The van der Waals surface area contributed by atoms with Gasteiger partial charge >= 0.3 is 5.97 Å². The van der Waals surface area contributed by atoms with Crippen molar-refractivity contribution in [1.29, 1.82) is 0 Å². The van der Waals surface area contributed by atoms with Crippen molar-refractivity contribution in [2.24, 2.45) is 5.92 Å². The summed E-state index contributed by atoms with van der Waals surface area (Å²) in [6.07, 6.45) is 6.05. The molecule has 1 aliphatic rings. The fraction of sp³-hybridized carbons (Fsp3) is 0.429. The molecule has 1 N–H and O–H groups in total. The van der Waals surface area contributed by atoms with E-state index in [1.807, 2.05) is 22.9 Å². The Morgan fingerprint density at radius 3 is 3.26 bits per heavy atom. The Bertz CT molecular complexity index is 600. The third-order valence-electron chi connectivity index (χ3n) is 3.60. The first-order valence-corrected chi connectivity index (χ1v) is 6.53. The second-order valence-electron chi connectivity index (χ2n) is 4.94. The van der Waals surface area contributed by atoms with Crippen LogP contribution in [-0.4, -0.2) is 35.6 Å². The van der Waals surface area contributed by atoms with Gasteiger partial charge in [-0.25, -0.2) is 9.78 Å². The molecule has 2 aromatic rings. The maximum atomic E-state index is 11.7. The summed E-state index contributed by atoms with van der Waals surface area (Å²) in [7, 11) is 1.39. The first-order valence-electron chi connectivity index (χ1n) is 6.53. The third kappa shape index (κ3) is 2.33. The quantitative estimate of drug-likeness (QED) is 0.843. The van der Waals surface area contributed by atoms with Gasteiger partial charge in [-0.1, -0.05) is 0 Å². The second-order valence-corrected chi connectivity index (χ2v) is 4.94. The van der Waals surface area contributed by atoms with Crippen molar-refractivity contribution in [3.8, 4) is 0 Å². The summed E-state index contributed by atoms with van der Waals surface area (Å²) < 4.78 is 6.68. The summed E-state index contributed by atoms with van der Waals surface area (Å²) >= 11 is 0. The van der Waals surface area contributed by atoms with Crippen molar-refractivity contribution in [2.45, 2.75) is 12.8 Å². The molecule has 3 rings (SSSR count). The van der Waals surface area contributed by atoms with E-state index in [1.54, 1.807) is 6.07 Å². The van der Waals surface area contributed by atoms with Gasteiger partial charge in [0.25, 0.3) is 0 Å². The molecule has 0 amide bonds. The standard InChI is InChI=1S/C14H17N3O2/c1-19-14(18)12-3-2-6-17-9-11(16-13(12)17)7-10-4-5-15-8-10/h2-3,6,9-10,15H,4-5,7-8H2,1H3. The van der Waals surface area contributed by atoms with Crippen LogP contribution in [0.5, 0.6) is 0 Å². The number of pyridine rings is 1. The number of carbonyl (C=O) groups is 1. The highest BCUT2D eigenvalue weighted by molar-refractivity contribution is 5.95. The van der Waals surface area contributed by atoms with Crippen LogP contribution in [0.4, 0.5) is 0 Å². The maximum absolute atomic E-state index is 11.7. The van der Waals surface area contributed by atoms with Gasteiger partial charge < -0.3 is 14.5 Å². The second kappa shape index (κ2) is 5.01. The lowest BCUT2D eigenvalue weighted by molar-refractivity contribution is 0.0602. The average Bonchev–Trinajstić information content (AvgIpc) is 3.06. The molecule has 1 aliphatic heterocycles. The third-order valence-corrected chi connectivity index (χ3v) is 3.60. The zero-order valence-corrected chi connectivity index (χ0v) is 10.9. The molecule has 3 heterocycles. The molecule has 0 aliphatic carbocycles. The van der Waals surface area contributed by atoms with Gasteiger partial charge in [-0.2, -0.15) is 0 Å². The van der Waals surface area contributed by atoms with E-state index >= 15 is 0 Å². The zero-order chi connectivity index (χ0) is 13.2. The predicted octanol–water partition coefficient (Wildman–Crippen LogP) is 1.27. The minimum absolute atomic E-state index is 0.342. The molecule has 5 heteroatoms. The van der Waals surface area contributed by atoms with Gasteiger partial charge in [0.15, 0.2) is 5.65 Å². The summed E-state index contributed by atoms with van der Waals surface area (Å²) in [4.78, 5) is 16.3. The van der Waals surface area contributed by atoms with E-state index in [0.29, 0.717) is 17.1 Å². The summed E-state index contributed by atoms with van der Waals surface area (Å²) in [5.74, 6) is 0.303. The first-order chi connectivity index (χ1) is 9.28. The number of ether oxygens (including phenoxy) is 1. The molecule has 1 saturated heterocycles. The van der Waals surface area contributed by atoms with Crippen LogP contribution < -0.4 is 5.32 Å². The van der Waals surface area contributed by atoms with E-state index < -0.39 is 0 Å². The number of imidazole rings is 1. The predicted molar refractivity (Wildman–Crippen MR) is 71.2 cm³/mol. The molecule has 19 heavy (non-hydrogen) atoms. The Balaban J connectivity index is 1.93. The molecule has 0 radical (unpaired) electrons. The smallest absolute Gasteiger partial charge is 0.341 e. The summed E-state index contributed by atoms with van der Waals surface area (Å²) in [5, 5.41) is 3.36. The number of nitrogens with zero attached hydrogens (tertiary/aromatic N) is 2. The summed E-state index contributed by atoms with van der Waals surface area (Å²) in [6.45, 7) is 2.14. The van der Waals surface area contributed by atoms with E-state index in [0.717, 1.165) is 25.2 Å². The number of hydrogen-bond acceptors (Lipinski definition) is 4. The molecule has 1 unspecified atom stereocenters. The molecule has 0 aromatic carbocycles. The van der Waals surface area contributed by atoms with Crippen LogP contribution in [0.3, 0.4) is 0 Å². The van der Waals surface area contributed by atoms with E-state index in [1.165, 1.54) is 13.5 Å². The minimum atomic E-state index is -0.342. The molecule has 1 atom stereocenters. The Morgan fingerprint density at radius 2 is 2.53 bits per heavy atom. The van der Waals surface area contributed by atoms with E-state index in [-0.39, 0.29) is 5.97 Å². The minimum Gasteiger partial charge on any atom is -0.465 e. The van der Waals surface area contributed by atoms with Crippen molar-refractivity contribution in [1.82, 2.24) is 14.7 Å². The number of aromatic nitrogens is 2. The van der Waals surface area contributed by atoms with Crippen LogP contribution in [0.15, 0.2) is 24.5 Å². The number of esters is 1. The van der Waals surface area contributed by atoms with Crippen molar-refractivity contribution in [2.75, 3.05) is 20.2 Å². The van der Waals surface area contributed by atoms with Crippen LogP contribution in [0.2, 0.25) is 0 Å². The molecule has 0 saturated carbocycles. The normalized spacial score (nSPS) is 18.9. The lowest BCUT2D eigenvalue weighted by Crippen LogP contribution is -2.10. The van der Waals surface area contributed by atoms with Crippen LogP contribution in [0.25, 0.3) is 5.65 Å². The molecule has 100 valence electrons.